The Hall–Kier alpha value is -0.480. The monoisotopic (exact) mass is 158 g/mol. The number of rotatable bonds is 3. The summed E-state index contributed by atoms with van der Waals surface area (Å²) in [5, 5.41) is 3.02. The first-order chi connectivity index (χ1) is 5.36. The topological polar surface area (TPSA) is 50.7 Å². The van der Waals surface area contributed by atoms with E-state index in [-0.39, 0.29) is 6.04 Å². The van der Waals surface area contributed by atoms with Gasteiger partial charge < -0.3 is 4.84 Å². The molecule has 0 saturated heterocycles. The molecule has 64 valence electrons. The second-order valence-electron chi connectivity index (χ2n) is 2.93. The number of nitrogens with zero attached hydrogens (tertiary/aromatic N) is 1. The molecule has 0 aliphatic heterocycles. The van der Waals surface area contributed by atoms with E-state index in [1.54, 1.807) is 7.11 Å². The third-order valence-electron chi connectivity index (χ3n) is 2.13. The van der Waals surface area contributed by atoms with E-state index >= 15 is 0 Å². The minimum Gasteiger partial charge on any atom is -0.305 e. The minimum absolute atomic E-state index is 0.0462. The number of hydrogen-bond acceptors (Lipinski definition) is 4. The molecule has 11 heavy (non-hydrogen) atoms. The maximum atomic E-state index is 10.1. The van der Waals surface area contributed by atoms with Crippen molar-refractivity contribution in [2.24, 2.45) is 5.18 Å². The van der Waals surface area contributed by atoms with E-state index in [2.05, 4.69) is 10.7 Å². The molecule has 1 fully saturated rings. The predicted molar refractivity (Wildman–Crippen MR) is 42.0 cm³/mol. The zero-order valence-corrected chi connectivity index (χ0v) is 6.75. The molecule has 1 N–H and O–H groups in total. The van der Waals surface area contributed by atoms with Gasteiger partial charge in [0.2, 0.25) is 0 Å². The Kier molecular flexibility index (Phi) is 3.45. The molecule has 0 aromatic rings. The van der Waals surface area contributed by atoms with Crippen LogP contribution >= 0.6 is 0 Å². The van der Waals surface area contributed by atoms with Crippen molar-refractivity contribution < 1.29 is 4.84 Å². The largest absolute Gasteiger partial charge is 0.305 e. The van der Waals surface area contributed by atoms with Gasteiger partial charge in [-0.25, -0.2) is 0 Å². The van der Waals surface area contributed by atoms with Gasteiger partial charge in [0.15, 0.2) is 0 Å². The van der Waals surface area contributed by atoms with Crippen molar-refractivity contribution >= 4 is 0 Å². The second kappa shape index (κ2) is 4.41. The van der Waals surface area contributed by atoms with Gasteiger partial charge in [0.25, 0.3) is 0 Å². The quantitative estimate of drug-likeness (QED) is 0.496. The lowest BCUT2D eigenvalue weighted by molar-refractivity contribution is 0.0472. The molecule has 0 heterocycles. The zero-order chi connectivity index (χ0) is 8.10. The third-order valence-corrected chi connectivity index (χ3v) is 2.13. The summed E-state index contributed by atoms with van der Waals surface area (Å²) < 4.78 is 0. The lowest BCUT2D eigenvalue weighted by atomic mass is 9.92. The van der Waals surface area contributed by atoms with E-state index in [0.717, 1.165) is 25.7 Å². The summed E-state index contributed by atoms with van der Waals surface area (Å²) in [6.07, 6.45) is 3.77. The first-order valence-electron chi connectivity index (χ1n) is 3.97. The fourth-order valence-corrected chi connectivity index (χ4v) is 1.47. The van der Waals surface area contributed by atoms with E-state index in [4.69, 9.17) is 4.84 Å². The van der Waals surface area contributed by atoms with Gasteiger partial charge in [0.1, 0.15) is 0 Å². The predicted octanol–water partition coefficient (Wildman–Crippen LogP) is 1.22. The molecule has 1 aliphatic carbocycles. The standard InChI is InChI=1S/C7H14N2O2/c1-11-9-7-4-2-6(8-10)3-5-7/h6-7,9H,2-5H2,1H3. The molecule has 1 rings (SSSR count). The number of hydroxylamine groups is 1. The molecule has 0 atom stereocenters. The smallest absolute Gasteiger partial charge is 0.0921 e. The molecule has 0 amide bonds. The highest BCUT2D eigenvalue weighted by atomic mass is 16.6. The van der Waals surface area contributed by atoms with Crippen LogP contribution in [-0.2, 0) is 4.84 Å². The van der Waals surface area contributed by atoms with Crippen molar-refractivity contribution in [1.82, 2.24) is 5.48 Å². The highest BCUT2D eigenvalue weighted by molar-refractivity contribution is 4.78. The van der Waals surface area contributed by atoms with Crippen molar-refractivity contribution in [2.45, 2.75) is 37.8 Å². The zero-order valence-electron chi connectivity index (χ0n) is 6.75. The molecule has 0 aromatic carbocycles. The fourth-order valence-electron chi connectivity index (χ4n) is 1.47. The first kappa shape index (κ1) is 8.62. The van der Waals surface area contributed by atoms with Crippen molar-refractivity contribution in [3.8, 4) is 0 Å². The molecule has 1 saturated carbocycles. The van der Waals surface area contributed by atoms with Gasteiger partial charge in [-0.2, -0.15) is 10.4 Å². The van der Waals surface area contributed by atoms with E-state index in [1.165, 1.54) is 0 Å². The summed E-state index contributed by atoms with van der Waals surface area (Å²) >= 11 is 0. The van der Waals surface area contributed by atoms with Gasteiger partial charge >= 0.3 is 0 Å². The SMILES string of the molecule is CONC1CCC(N=O)CC1. The lowest BCUT2D eigenvalue weighted by Crippen LogP contribution is -2.33. The maximum absolute atomic E-state index is 10.1. The van der Waals surface area contributed by atoms with Gasteiger partial charge in [-0.05, 0) is 25.7 Å². The summed E-state index contributed by atoms with van der Waals surface area (Å²) in [6.45, 7) is 0. The molecule has 0 spiro atoms. The van der Waals surface area contributed by atoms with Gasteiger partial charge in [-0.3, -0.25) is 0 Å². The molecule has 4 nitrogen and oxygen atoms in total. The van der Waals surface area contributed by atoms with Crippen LogP contribution in [0.1, 0.15) is 25.7 Å². The Morgan fingerprint density at radius 2 is 2.00 bits per heavy atom. The molecule has 0 radical (unpaired) electrons. The number of nitroso groups, excluding NO2 is 1. The maximum Gasteiger partial charge on any atom is 0.0921 e. The van der Waals surface area contributed by atoms with Crippen LogP contribution < -0.4 is 5.48 Å². The Morgan fingerprint density at radius 1 is 1.36 bits per heavy atom. The number of nitrogens with one attached hydrogen (secondary N) is 1. The van der Waals surface area contributed by atoms with Crippen molar-refractivity contribution in [3.63, 3.8) is 0 Å². The van der Waals surface area contributed by atoms with Gasteiger partial charge in [0, 0.05) is 6.04 Å². The highest BCUT2D eigenvalue weighted by Gasteiger charge is 2.20. The van der Waals surface area contributed by atoms with Crippen molar-refractivity contribution in [1.29, 1.82) is 0 Å². The molecule has 0 unspecified atom stereocenters. The Morgan fingerprint density at radius 3 is 2.45 bits per heavy atom. The second-order valence-corrected chi connectivity index (χ2v) is 2.93. The normalized spacial score (nSPS) is 31.7. The van der Waals surface area contributed by atoms with Gasteiger partial charge in [-0.15, -0.1) is 0 Å². The van der Waals surface area contributed by atoms with Crippen LogP contribution in [0.3, 0.4) is 0 Å². The summed E-state index contributed by atoms with van der Waals surface area (Å²) in [7, 11) is 1.62. The van der Waals surface area contributed by atoms with Crippen LogP contribution in [0.2, 0.25) is 0 Å². The first-order valence-corrected chi connectivity index (χ1v) is 3.97. The molecule has 4 heteroatoms. The Bertz CT molecular complexity index is 122. The van der Waals surface area contributed by atoms with Crippen molar-refractivity contribution in [3.05, 3.63) is 4.91 Å². The molecule has 0 bridgehead atoms. The average molecular weight is 158 g/mol. The van der Waals surface area contributed by atoms with Gasteiger partial charge in [-0.1, -0.05) is 5.18 Å². The minimum atomic E-state index is 0.0462. The van der Waals surface area contributed by atoms with E-state index in [0.29, 0.717) is 6.04 Å². The Labute approximate surface area is 66.2 Å². The molecule has 0 aromatic heterocycles. The van der Waals surface area contributed by atoms with Crippen LogP contribution in [0.4, 0.5) is 0 Å². The van der Waals surface area contributed by atoms with Crippen LogP contribution in [0.25, 0.3) is 0 Å². The van der Waals surface area contributed by atoms with E-state index < -0.39 is 0 Å². The van der Waals surface area contributed by atoms with Crippen LogP contribution in [0.5, 0.6) is 0 Å². The Balaban J connectivity index is 2.18. The summed E-state index contributed by atoms with van der Waals surface area (Å²) in [5.74, 6) is 0. The van der Waals surface area contributed by atoms with Crippen LogP contribution in [-0.4, -0.2) is 19.2 Å². The van der Waals surface area contributed by atoms with Crippen LogP contribution in [0.15, 0.2) is 5.18 Å². The van der Waals surface area contributed by atoms with E-state index in [1.807, 2.05) is 0 Å². The van der Waals surface area contributed by atoms with Crippen molar-refractivity contribution in [2.75, 3.05) is 7.11 Å². The number of hydrogen-bond donors (Lipinski definition) is 1. The average Bonchev–Trinajstić information content (AvgIpc) is 2.07. The lowest BCUT2D eigenvalue weighted by Gasteiger charge is -2.24. The molecule has 1 aliphatic rings. The summed E-state index contributed by atoms with van der Waals surface area (Å²) in [5.41, 5.74) is 2.89. The fraction of sp³-hybridized carbons (Fsp3) is 1.00. The molecular formula is C7H14N2O2. The summed E-state index contributed by atoms with van der Waals surface area (Å²) in [4.78, 5) is 14.9. The summed E-state index contributed by atoms with van der Waals surface area (Å²) in [6, 6.07) is 0.461. The molecular weight excluding hydrogens is 144 g/mol. The third kappa shape index (κ3) is 2.55. The van der Waals surface area contributed by atoms with Gasteiger partial charge in [0.05, 0.1) is 13.2 Å². The van der Waals surface area contributed by atoms with Crippen LogP contribution in [0, 0.1) is 4.91 Å². The highest BCUT2D eigenvalue weighted by Crippen LogP contribution is 2.20. The van der Waals surface area contributed by atoms with E-state index in [9.17, 15) is 4.91 Å².